The van der Waals surface area contributed by atoms with Gasteiger partial charge in [0, 0.05) is 24.2 Å². The fourth-order valence-electron chi connectivity index (χ4n) is 2.07. The lowest BCUT2D eigenvalue weighted by atomic mass is 10.2. The molecule has 1 aromatic heterocycles. The quantitative estimate of drug-likeness (QED) is 0.921. The molecule has 0 bridgehead atoms. The molecule has 0 spiro atoms. The Balaban J connectivity index is 2.43. The Kier molecular flexibility index (Phi) is 4.23. The summed E-state index contributed by atoms with van der Waals surface area (Å²) in [6.07, 6.45) is 0. The third kappa shape index (κ3) is 3.07. The van der Waals surface area contributed by atoms with Crippen LogP contribution in [0.5, 0.6) is 0 Å². The predicted octanol–water partition coefficient (Wildman–Crippen LogP) is 3.65. The Hall–Kier alpha value is -2.10. The summed E-state index contributed by atoms with van der Waals surface area (Å²) in [5.74, 6) is 2.41. The molecule has 2 aromatic rings. The van der Waals surface area contributed by atoms with Crippen molar-refractivity contribution in [3.8, 4) is 0 Å². The van der Waals surface area contributed by atoms with E-state index in [1.807, 2.05) is 6.07 Å². The molecule has 0 atom stereocenters. The van der Waals surface area contributed by atoms with E-state index in [9.17, 15) is 0 Å². The molecule has 0 unspecified atom stereocenters. The van der Waals surface area contributed by atoms with Gasteiger partial charge in [-0.1, -0.05) is 31.5 Å². The van der Waals surface area contributed by atoms with Gasteiger partial charge in [-0.05, 0) is 26.0 Å². The van der Waals surface area contributed by atoms with Crippen molar-refractivity contribution in [1.82, 2.24) is 9.97 Å². The second-order valence-electron chi connectivity index (χ2n) is 5.24. The SMILES string of the molecule is CCN(c1ccc(C)cc1)c1cc(N)nc(C(C)C)n1. The van der Waals surface area contributed by atoms with Gasteiger partial charge in [-0.3, -0.25) is 0 Å². The van der Waals surface area contributed by atoms with E-state index >= 15 is 0 Å². The van der Waals surface area contributed by atoms with Crippen LogP contribution in [0.25, 0.3) is 0 Å². The van der Waals surface area contributed by atoms with E-state index in [1.54, 1.807) is 0 Å². The van der Waals surface area contributed by atoms with Crippen molar-refractivity contribution in [2.75, 3.05) is 17.2 Å². The second-order valence-corrected chi connectivity index (χ2v) is 5.24. The largest absolute Gasteiger partial charge is 0.384 e. The standard InChI is InChI=1S/C16H22N4/c1-5-20(13-8-6-12(4)7-9-13)15-10-14(17)18-16(19-15)11(2)3/h6-11H,5H2,1-4H3,(H2,17,18,19). The van der Waals surface area contributed by atoms with Crippen LogP contribution >= 0.6 is 0 Å². The summed E-state index contributed by atoms with van der Waals surface area (Å²) < 4.78 is 0. The minimum absolute atomic E-state index is 0.258. The van der Waals surface area contributed by atoms with Gasteiger partial charge < -0.3 is 10.6 Å². The Labute approximate surface area is 120 Å². The molecule has 0 aliphatic heterocycles. The number of aromatic nitrogens is 2. The van der Waals surface area contributed by atoms with Gasteiger partial charge in [-0.25, -0.2) is 9.97 Å². The summed E-state index contributed by atoms with van der Waals surface area (Å²) >= 11 is 0. The minimum atomic E-state index is 0.258. The maximum Gasteiger partial charge on any atom is 0.138 e. The molecule has 0 saturated carbocycles. The number of rotatable bonds is 4. The van der Waals surface area contributed by atoms with Gasteiger partial charge in [-0.2, -0.15) is 0 Å². The van der Waals surface area contributed by atoms with Crippen LogP contribution in [0.4, 0.5) is 17.3 Å². The molecule has 0 amide bonds. The highest BCUT2D eigenvalue weighted by Gasteiger charge is 2.13. The summed E-state index contributed by atoms with van der Waals surface area (Å²) in [6.45, 7) is 9.16. The summed E-state index contributed by atoms with van der Waals surface area (Å²) in [5, 5.41) is 0. The lowest BCUT2D eigenvalue weighted by Gasteiger charge is -2.23. The number of hydrogen-bond donors (Lipinski definition) is 1. The Morgan fingerprint density at radius 2 is 1.80 bits per heavy atom. The van der Waals surface area contributed by atoms with Gasteiger partial charge in [0.05, 0.1) is 0 Å². The fraction of sp³-hybridized carbons (Fsp3) is 0.375. The highest BCUT2D eigenvalue weighted by molar-refractivity contribution is 5.62. The first-order chi connectivity index (χ1) is 9.51. The molecule has 20 heavy (non-hydrogen) atoms. The molecule has 0 radical (unpaired) electrons. The van der Waals surface area contributed by atoms with Crippen molar-refractivity contribution in [2.45, 2.75) is 33.6 Å². The van der Waals surface area contributed by atoms with Gasteiger partial charge in [0.25, 0.3) is 0 Å². The Morgan fingerprint density at radius 1 is 1.15 bits per heavy atom. The van der Waals surface area contributed by atoms with Crippen LogP contribution < -0.4 is 10.6 Å². The molecule has 0 aliphatic carbocycles. The van der Waals surface area contributed by atoms with Crippen molar-refractivity contribution in [2.24, 2.45) is 0 Å². The molecule has 0 saturated heterocycles. The first-order valence-corrected chi connectivity index (χ1v) is 7.00. The van der Waals surface area contributed by atoms with Crippen LogP contribution in [0.2, 0.25) is 0 Å². The van der Waals surface area contributed by atoms with Crippen LogP contribution in [0, 0.1) is 6.92 Å². The Bertz CT molecular complexity index is 576. The van der Waals surface area contributed by atoms with E-state index in [-0.39, 0.29) is 5.92 Å². The highest BCUT2D eigenvalue weighted by atomic mass is 15.2. The smallest absolute Gasteiger partial charge is 0.138 e. The molecule has 4 nitrogen and oxygen atoms in total. The number of anilines is 3. The lowest BCUT2D eigenvalue weighted by molar-refractivity contribution is 0.771. The van der Waals surface area contributed by atoms with E-state index in [0.717, 1.165) is 23.9 Å². The van der Waals surface area contributed by atoms with Gasteiger partial charge in [0.15, 0.2) is 0 Å². The number of benzene rings is 1. The van der Waals surface area contributed by atoms with E-state index in [0.29, 0.717) is 5.82 Å². The average molecular weight is 270 g/mol. The molecule has 1 aromatic carbocycles. The highest BCUT2D eigenvalue weighted by Crippen LogP contribution is 2.26. The van der Waals surface area contributed by atoms with Crippen LogP contribution in [0.15, 0.2) is 30.3 Å². The maximum atomic E-state index is 5.91. The molecular formula is C16H22N4. The van der Waals surface area contributed by atoms with Crippen molar-refractivity contribution in [1.29, 1.82) is 0 Å². The van der Waals surface area contributed by atoms with Crippen LogP contribution in [0.1, 0.15) is 38.1 Å². The van der Waals surface area contributed by atoms with E-state index in [4.69, 9.17) is 5.73 Å². The summed E-state index contributed by atoms with van der Waals surface area (Å²) in [7, 11) is 0. The van der Waals surface area contributed by atoms with E-state index in [1.165, 1.54) is 5.56 Å². The molecule has 2 rings (SSSR count). The van der Waals surface area contributed by atoms with Gasteiger partial charge in [-0.15, -0.1) is 0 Å². The lowest BCUT2D eigenvalue weighted by Crippen LogP contribution is -2.19. The maximum absolute atomic E-state index is 5.91. The van der Waals surface area contributed by atoms with Gasteiger partial charge >= 0.3 is 0 Å². The normalized spacial score (nSPS) is 10.8. The van der Waals surface area contributed by atoms with Crippen molar-refractivity contribution in [3.05, 3.63) is 41.7 Å². The minimum Gasteiger partial charge on any atom is -0.384 e. The summed E-state index contributed by atoms with van der Waals surface area (Å²) in [4.78, 5) is 11.1. The molecule has 0 fully saturated rings. The number of nitrogen functional groups attached to an aromatic ring is 1. The first kappa shape index (κ1) is 14.3. The van der Waals surface area contributed by atoms with Crippen LogP contribution in [-0.4, -0.2) is 16.5 Å². The molecule has 4 heteroatoms. The van der Waals surface area contributed by atoms with Crippen molar-refractivity contribution >= 4 is 17.3 Å². The molecule has 2 N–H and O–H groups in total. The number of nitrogens with two attached hydrogens (primary N) is 1. The molecule has 106 valence electrons. The topological polar surface area (TPSA) is 55.0 Å². The summed E-state index contributed by atoms with van der Waals surface area (Å²) in [5.41, 5.74) is 8.28. The Morgan fingerprint density at radius 3 is 2.35 bits per heavy atom. The number of hydrogen-bond acceptors (Lipinski definition) is 4. The second kappa shape index (κ2) is 5.90. The van der Waals surface area contributed by atoms with Crippen molar-refractivity contribution < 1.29 is 0 Å². The monoisotopic (exact) mass is 270 g/mol. The summed E-state index contributed by atoms with van der Waals surface area (Å²) in [6, 6.07) is 10.2. The third-order valence-corrected chi connectivity index (χ3v) is 3.20. The number of nitrogens with zero attached hydrogens (tertiary/aromatic N) is 3. The van der Waals surface area contributed by atoms with E-state index < -0.39 is 0 Å². The van der Waals surface area contributed by atoms with Crippen LogP contribution in [-0.2, 0) is 0 Å². The number of aryl methyl sites for hydroxylation is 1. The zero-order valence-electron chi connectivity index (χ0n) is 12.6. The first-order valence-electron chi connectivity index (χ1n) is 7.00. The van der Waals surface area contributed by atoms with E-state index in [2.05, 4.69) is 66.8 Å². The molecule has 0 aliphatic rings. The fourth-order valence-corrected chi connectivity index (χ4v) is 2.07. The zero-order valence-corrected chi connectivity index (χ0v) is 12.6. The third-order valence-electron chi connectivity index (χ3n) is 3.20. The average Bonchev–Trinajstić information content (AvgIpc) is 2.41. The van der Waals surface area contributed by atoms with Crippen LogP contribution in [0.3, 0.4) is 0 Å². The zero-order chi connectivity index (χ0) is 14.7. The molecular weight excluding hydrogens is 248 g/mol. The predicted molar refractivity (Wildman–Crippen MR) is 84.4 cm³/mol. The molecule has 1 heterocycles. The van der Waals surface area contributed by atoms with Gasteiger partial charge in [0.2, 0.25) is 0 Å². The van der Waals surface area contributed by atoms with Gasteiger partial charge in [0.1, 0.15) is 17.5 Å². The van der Waals surface area contributed by atoms with Crippen molar-refractivity contribution in [3.63, 3.8) is 0 Å².